The third-order valence-electron chi connectivity index (χ3n) is 2.73. The molecule has 7 heteroatoms. The maximum atomic E-state index is 13.4. The monoisotopic (exact) mass is 295 g/mol. The number of nitro groups is 1. The van der Waals surface area contributed by atoms with Crippen LogP contribution in [0.1, 0.15) is 5.56 Å². The smallest absolute Gasteiger partial charge is 0.311 e. The van der Waals surface area contributed by atoms with Gasteiger partial charge in [-0.3, -0.25) is 10.1 Å². The predicted molar refractivity (Wildman–Crippen MR) is 74.4 cm³/mol. The van der Waals surface area contributed by atoms with Crippen molar-refractivity contribution in [2.75, 3.05) is 11.9 Å². The number of nitrogens with zero attached hydrogens (tertiary/aromatic N) is 3. The number of hydrogen-bond donors (Lipinski definition) is 0. The lowest BCUT2D eigenvalue weighted by Gasteiger charge is -2.18. The molecule has 0 radical (unpaired) electrons. The lowest BCUT2D eigenvalue weighted by atomic mass is 10.2. The van der Waals surface area contributed by atoms with Crippen LogP contribution in [0.5, 0.6) is 0 Å². The number of halogens is 2. The summed E-state index contributed by atoms with van der Waals surface area (Å²) in [6.07, 6.45) is 1.47. The van der Waals surface area contributed by atoms with E-state index in [1.807, 2.05) is 0 Å². The van der Waals surface area contributed by atoms with E-state index in [9.17, 15) is 14.5 Å². The molecule has 0 fully saturated rings. The first-order valence-electron chi connectivity index (χ1n) is 5.73. The molecule has 2 aromatic rings. The second-order valence-electron chi connectivity index (χ2n) is 4.21. The molecule has 2 rings (SSSR count). The Hall–Kier alpha value is -2.21. The summed E-state index contributed by atoms with van der Waals surface area (Å²) >= 11 is 5.61. The number of pyridine rings is 1. The summed E-state index contributed by atoms with van der Waals surface area (Å²) in [6.45, 7) is 0.284. The van der Waals surface area contributed by atoms with Crippen molar-refractivity contribution in [3.05, 3.63) is 63.0 Å². The van der Waals surface area contributed by atoms with Crippen LogP contribution >= 0.6 is 11.6 Å². The van der Waals surface area contributed by atoms with Gasteiger partial charge in [0, 0.05) is 25.9 Å². The fourth-order valence-corrected chi connectivity index (χ4v) is 1.93. The van der Waals surface area contributed by atoms with E-state index < -0.39 is 10.7 Å². The van der Waals surface area contributed by atoms with Crippen molar-refractivity contribution < 1.29 is 9.31 Å². The topological polar surface area (TPSA) is 59.3 Å². The van der Waals surface area contributed by atoms with Gasteiger partial charge in [-0.25, -0.2) is 9.37 Å². The van der Waals surface area contributed by atoms with E-state index in [1.54, 1.807) is 18.0 Å². The van der Waals surface area contributed by atoms with E-state index in [0.717, 1.165) is 0 Å². The molecule has 0 saturated carbocycles. The zero-order valence-corrected chi connectivity index (χ0v) is 11.3. The van der Waals surface area contributed by atoms with Crippen LogP contribution < -0.4 is 4.90 Å². The minimum Gasteiger partial charge on any atom is -0.350 e. The Morgan fingerprint density at radius 3 is 2.85 bits per heavy atom. The van der Waals surface area contributed by atoms with Crippen molar-refractivity contribution in [3.63, 3.8) is 0 Å². The summed E-state index contributed by atoms with van der Waals surface area (Å²) in [5.41, 5.74) is 0.554. The number of anilines is 1. The molecule has 0 bridgehead atoms. The molecule has 1 aromatic heterocycles. The van der Waals surface area contributed by atoms with E-state index in [2.05, 4.69) is 4.98 Å². The van der Waals surface area contributed by atoms with E-state index in [0.29, 0.717) is 5.56 Å². The van der Waals surface area contributed by atoms with Gasteiger partial charge in [-0.15, -0.1) is 0 Å². The van der Waals surface area contributed by atoms with Crippen LogP contribution in [0.3, 0.4) is 0 Å². The molecule has 0 aliphatic heterocycles. The van der Waals surface area contributed by atoms with Crippen LogP contribution in [0.4, 0.5) is 15.9 Å². The second kappa shape index (κ2) is 5.83. The van der Waals surface area contributed by atoms with Crippen molar-refractivity contribution in [2.45, 2.75) is 6.54 Å². The molecular formula is C13H11ClFN3O2. The van der Waals surface area contributed by atoms with Gasteiger partial charge < -0.3 is 4.90 Å². The van der Waals surface area contributed by atoms with Crippen molar-refractivity contribution >= 4 is 23.1 Å². The van der Waals surface area contributed by atoms with Gasteiger partial charge in [0.2, 0.25) is 5.82 Å². The summed E-state index contributed by atoms with van der Waals surface area (Å²) in [6, 6.07) is 7.29. The van der Waals surface area contributed by atoms with Gasteiger partial charge in [-0.05, 0) is 23.8 Å². The number of hydrogen-bond acceptors (Lipinski definition) is 4. The largest absolute Gasteiger partial charge is 0.350 e. The predicted octanol–water partition coefficient (Wildman–Crippen LogP) is 3.42. The molecule has 0 saturated heterocycles. The second-order valence-corrected chi connectivity index (χ2v) is 4.61. The van der Waals surface area contributed by atoms with Crippen LogP contribution in [0.25, 0.3) is 0 Å². The summed E-state index contributed by atoms with van der Waals surface area (Å²) in [5.74, 6) is -0.291. The quantitative estimate of drug-likeness (QED) is 0.640. The lowest BCUT2D eigenvalue weighted by Crippen LogP contribution is -2.19. The first kappa shape index (κ1) is 14.2. The Morgan fingerprint density at radius 1 is 1.45 bits per heavy atom. The summed E-state index contributed by atoms with van der Waals surface area (Å²) in [7, 11) is 1.65. The van der Waals surface area contributed by atoms with E-state index in [4.69, 9.17) is 11.6 Å². The fraction of sp³-hybridized carbons (Fsp3) is 0.154. The van der Waals surface area contributed by atoms with Crippen molar-refractivity contribution in [1.82, 2.24) is 4.98 Å². The van der Waals surface area contributed by atoms with Gasteiger partial charge in [0.05, 0.1) is 9.95 Å². The summed E-state index contributed by atoms with van der Waals surface area (Å²) in [5, 5.41) is 11.0. The van der Waals surface area contributed by atoms with Gasteiger partial charge in [0.15, 0.2) is 0 Å². The minimum absolute atomic E-state index is 0.0419. The molecule has 0 amide bonds. The van der Waals surface area contributed by atoms with Crippen LogP contribution in [0, 0.1) is 15.9 Å². The molecule has 0 spiro atoms. The molecule has 1 heterocycles. The molecule has 0 aliphatic carbocycles. The Bertz CT molecular complexity index is 651. The molecule has 0 aliphatic rings. The highest BCUT2D eigenvalue weighted by molar-refractivity contribution is 6.30. The highest BCUT2D eigenvalue weighted by Crippen LogP contribution is 2.25. The average molecular weight is 296 g/mol. The summed E-state index contributed by atoms with van der Waals surface area (Å²) in [4.78, 5) is 16.0. The van der Waals surface area contributed by atoms with Crippen LogP contribution in [0.15, 0.2) is 36.5 Å². The molecule has 5 nitrogen and oxygen atoms in total. The Balaban J connectivity index is 2.26. The molecule has 20 heavy (non-hydrogen) atoms. The van der Waals surface area contributed by atoms with Gasteiger partial charge in [0.1, 0.15) is 5.82 Å². The zero-order chi connectivity index (χ0) is 14.7. The first-order chi connectivity index (χ1) is 9.49. The molecule has 0 N–H and O–H groups in total. The SMILES string of the molecule is CN(Cc1ccc(Cl)c(F)c1)c1ncccc1[N+](=O)[O-]. The maximum Gasteiger partial charge on any atom is 0.311 e. The lowest BCUT2D eigenvalue weighted by molar-refractivity contribution is -0.384. The van der Waals surface area contributed by atoms with Crippen molar-refractivity contribution in [3.8, 4) is 0 Å². The normalized spacial score (nSPS) is 10.3. The van der Waals surface area contributed by atoms with Gasteiger partial charge >= 0.3 is 5.69 Å². The van der Waals surface area contributed by atoms with E-state index >= 15 is 0 Å². The van der Waals surface area contributed by atoms with Gasteiger partial charge in [-0.2, -0.15) is 0 Å². The number of aromatic nitrogens is 1. The third kappa shape index (κ3) is 3.03. The molecule has 0 atom stereocenters. The standard InChI is InChI=1S/C13H11ClFN3O2/c1-17(8-9-4-5-10(14)11(15)7-9)13-12(18(19)20)3-2-6-16-13/h2-7H,8H2,1H3. The summed E-state index contributed by atoms with van der Waals surface area (Å²) < 4.78 is 13.4. The molecule has 104 valence electrons. The Morgan fingerprint density at radius 2 is 2.20 bits per heavy atom. The maximum absolute atomic E-state index is 13.4. The number of rotatable bonds is 4. The van der Waals surface area contributed by atoms with Gasteiger partial charge in [0.25, 0.3) is 0 Å². The van der Waals surface area contributed by atoms with E-state index in [-0.39, 0.29) is 23.1 Å². The zero-order valence-electron chi connectivity index (χ0n) is 10.6. The first-order valence-corrected chi connectivity index (χ1v) is 6.11. The van der Waals surface area contributed by atoms with Crippen LogP contribution in [-0.4, -0.2) is 17.0 Å². The van der Waals surface area contributed by atoms with E-state index in [1.165, 1.54) is 30.5 Å². The van der Waals surface area contributed by atoms with Crippen LogP contribution in [0.2, 0.25) is 5.02 Å². The highest BCUT2D eigenvalue weighted by atomic mass is 35.5. The number of benzene rings is 1. The van der Waals surface area contributed by atoms with Crippen molar-refractivity contribution in [1.29, 1.82) is 0 Å². The highest BCUT2D eigenvalue weighted by Gasteiger charge is 2.18. The molecule has 1 aromatic carbocycles. The average Bonchev–Trinajstić information content (AvgIpc) is 2.43. The Kier molecular flexibility index (Phi) is 4.14. The third-order valence-corrected chi connectivity index (χ3v) is 3.03. The minimum atomic E-state index is -0.520. The van der Waals surface area contributed by atoms with Crippen LogP contribution in [-0.2, 0) is 6.54 Å². The fourth-order valence-electron chi connectivity index (χ4n) is 1.81. The Labute approximate surface area is 119 Å². The molecule has 0 unspecified atom stereocenters. The van der Waals surface area contributed by atoms with Gasteiger partial charge in [-0.1, -0.05) is 17.7 Å². The molecular weight excluding hydrogens is 285 g/mol. The van der Waals surface area contributed by atoms with Crippen molar-refractivity contribution in [2.24, 2.45) is 0 Å².